The first-order valence-corrected chi connectivity index (χ1v) is 11.1. The van der Waals surface area contributed by atoms with Gasteiger partial charge in [-0.2, -0.15) is 5.10 Å². The van der Waals surface area contributed by atoms with Gasteiger partial charge in [0.15, 0.2) is 10.9 Å². The Bertz CT molecular complexity index is 1050. The van der Waals surface area contributed by atoms with Crippen LogP contribution >= 0.6 is 35.4 Å². The summed E-state index contributed by atoms with van der Waals surface area (Å²) in [7, 11) is 0. The fraction of sp³-hybridized carbons (Fsp3) is 0.273. The van der Waals surface area contributed by atoms with Gasteiger partial charge < -0.3 is 10.2 Å². The van der Waals surface area contributed by atoms with Gasteiger partial charge in [0.1, 0.15) is 5.82 Å². The molecule has 0 atom stereocenters. The first-order chi connectivity index (χ1) is 15.0. The van der Waals surface area contributed by atoms with Gasteiger partial charge in [-0.1, -0.05) is 41.4 Å². The molecule has 1 saturated heterocycles. The quantitative estimate of drug-likeness (QED) is 0.529. The van der Waals surface area contributed by atoms with Crippen LogP contribution in [-0.2, 0) is 13.1 Å². The predicted octanol–water partition coefficient (Wildman–Crippen LogP) is 4.89. The summed E-state index contributed by atoms with van der Waals surface area (Å²) in [5.41, 5.74) is 2.06. The molecular formula is C22H22Cl2FN5S. The highest BCUT2D eigenvalue weighted by molar-refractivity contribution is 7.80. The van der Waals surface area contributed by atoms with E-state index in [2.05, 4.69) is 20.2 Å². The summed E-state index contributed by atoms with van der Waals surface area (Å²) in [5, 5.41) is 9.63. The van der Waals surface area contributed by atoms with Crippen molar-refractivity contribution in [2.75, 3.05) is 31.5 Å². The van der Waals surface area contributed by atoms with Gasteiger partial charge in [-0.25, -0.2) is 4.39 Å². The Morgan fingerprint density at radius 2 is 1.74 bits per heavy atom. The van der Waals surface area contributed by atoms with Crippen molar-refractivity contribution in [3.63, 3.8) is 0 Å². The Balaban J connectivity index is 1.26. The van der Waals surface area contributed by atoms with Crippen molar-refractivity contribution < 1.29 is 4.39 Å². The number of rotatable bonds is 5. The van der Waals surface area contributed by atoms with Gasteiger partial charge in [-0.05, 0) is 47.6 Å². The Labute approximate surface area is 196 Å². The predicted molar refractivity (Wildman–Crippen MR) is 127 cm³/mol. The average Bonchev–Trinajstić information content (AvgIpc) is 3.19. The molecular weight excluding hydrogens is 456 g/mol. The van der Waals surface area contributed by atoms with Crippen molar-refractivity contribution >= 4 is 46.4 Å². The Hall–Kier alpha value is -2.19. The summed E-state index contributed by atoms with van der Waals surface area (Å²) in [6, 6.07) is 14.2. The molecule has 0 aliphatic carbocycles. The van der Waals surface area contributed by atoms with Crippen molar-refractivity contribution in [2.45, 2.75) is 13.1 Å². The monoisotopic (exact) mass is 477 g/mol. The highest BCUT2D eigenvalue weighted by atomic mass is 35.5. The molecule has 162 valence electrons. The smallest absolute Gasteiger partial charge is 0.174 e. The van der Waals surface area contributed by atoms with Gasteiger partial charge in [0, 0.05) is 55.0 Å². The molecule has 1 N–H and O–H groups in total. The lowest BCUT2D eigenvalue weighted by molar-refractivity contribution is 0.177. The number of aromatic nitrogens is 2. The molecule has 1 fully saturated rings. The van der Waals surface area contributed by atoms with E-state index in [4.69, 9.17) is 35.4 Å². The summed E-state index contributed by atoms with van der Waals surface area (Å²) < 4.78 is 15.1. The lowest BCUT2D eigenvalue weighted by Crippen LogP contribution is -2.49. The normalized spacial score (nSPS) is 14.6. The standard InChI is InChI=1S/C22H22Cl2FN5S/c23-18-4-1-16(2-5-18)14-30-8-7-21(27-30)26-22(31)29-11-9-28(10-12-29)15-17-3-6-19(25)13-20(17)24/h1-8,13H,9-12,14-15H2,(H,26,27,31). The number of anilines is 1. The molecule has 1 aliphatic rings. The molecule has 5 nitrogen and oxygen atoms in total. The second-order valence-corrected chi connectivity index (χ2v) is 8.68. The summed E-state index contributed by atoms with van der Waals surface area (Å²) in [4.78, 5) is 4.43. The lowest BCUT2D eigenvalue weighted by Gasteiger charge is -2.36. The SMILES string of the molecule is Fc1ccc(CN2CCN(C(=S)Nc3ccn(Cc4ccc(Cl)cc4)n3)CC2)c(Cl)c1. The molecule has 9 heteroatoms. The molecule has 0 saturated carbocycles. The van der Waals surface area contributed by atoms with E-state index in [0.29, 0.717) is 23.2 Å². The van der Waals surface area contributed by atoms with E-state index in [1.165, 1.54) is 12.1 Å². The number of nitrogens with zero attached hydrogens (tertiary/aromatic N) is 4. The van der Waals surface area contributed by atoms with Gasteiger partial charge in [0.25, 0.3) is 0 Å². The largest absolute Gasteiger partial charge is 0.346 e. The molecule has 1 aliphatic heterocycles. The molecule has 2 aromatic carbocycles. The van der Waals surface area contributed by atoms with E-state index < -0.39 is 0 Å². The first-order valence-electron chi connectivity index (χ1n) is 9.96. The van der Waals surface area contributed by atoms with Crippen molar-refractivity contribution in [3.8, 4) is 0 Å². The molecule has 31 heavy (non-hydrogen) atoms. The van der Waals surface area contributed by atoms with Crippen molar-refractivity contribution in [3.05, 3.63) is 81.7 Å². The molecule has 4 rings (SSSR count). The van der Waals surface area contributed by atoms with Gasteiger partial charge in [0.05, 0.1) is 6.54 Å². The minimum atomic E-state index is -0.314. The van der Waals surface area contributed by atoms with Gasteiger partial charge in [0.2, 0.25) is 0 Å². The van der Waals surface area contributed by atoms with Crippen LogP contribution in [0.25, 0.3) is 0 Å². The van der Waals surface area contributed by atoms with E-state index in [0.717, 1.165) is 48.1 Å². The maximum Gasteiger partial charge on any atom is 0.174 e. The highest BCUT2D eigenvalue weighted by Crippen LogP contribution is 2.20. The van der Waals surface area contributed by atoms with Crippen molar-refractivity contribution in [1.29, 1.82) is 0 Å². The maximum absolute atomic E-state index is 13.2. The number of thiocarbonyl (C=S) groups is 1. The second-order valence-electron chi connectivity index (χ2n) is 7.45. The van der Waals surface area contributed by atoms with Gasteiger partial charge in [-0.15, -0.1) is 0 Å². The van der Waals surface area contributed by atoms with Crippen molar-refractivity contribution in [2.24, 2.45) is 0 Å². The number of piperazine rings is 1. The first kappa shape index (κ1) is 22.0. The zero-order valence-electron chi connectivity index (χ0n) is 16.8. The Morgan fingerprint density at radius 3 is 2.45 bits per heavy atom. The molecule has 0 bridgehead atoms. The second kappa shape index (κ2) is 9.96. The van der Waals surface area contributed by atoms with Crippen LogP contribution in [0.3, 0.4) is 0 Å². The zero-order valence-corrected chi connectivity index (χ0v) is 19.1. The third kappa shape index (κ3) is 5.95. The van der Waals surface area contributed by atoms with Crippen LogP contribution in [0.5, 0.6) is 0 Å². The Kier molecular flexibility index (Phi) is 7.07. The van der Waals surface area contributed by atoms with Crippen LogP contribution in [0.2, 0.25) is 10.0 Å². The van der Waals surface area contributed by atoms with Crippen LogP contribution in [0.1, 0.15) is 11.1 Å². The minimum absolute atomic E-state index is 0.314. The number of hydrogen-bond donors (Lipinski definition) is 1. The van der Waals surface area contributed by atoms with Crippen LogP contribution in [0.15, 0.2) is 54.7 Å². The van der Waals surface area contributed by atoms with E-state index in [-0.39, 0.29) is 5.82 Å². The molecule has 0 amide bonds. The van der Waals surface area contributed by atoms with E-state index in [1.807, 2.05) is 41.2 Å². The number of hydrogen-bond acceptors (Lipinski definition) is 3. The van der Waals surface area contributed by atoms with E-state index in [1.54, 1.807) is 6.07 Å². The number of halogens is 3. The van der Waals surface area contributed by atoms with E-state index in [9.17, 15) is 4.39 Å². The van der Waals surface area contributed by atoms with Gasteiger partial charge >= 0.3 is 0 Å². The highest BCUT2D eigenvalue weighted by Gasteiger charge is 2.20. The fourth-order valence-electron chi connectivity index (χ4n) is 3.48. The molecule has 0 spiro atoms. The zero-order chi connectivity index (χ0) is 21.8. The van der Waals surface area contributed by atoms with Crippen LogP contribution in [0, 0.1) is 5.82 Å². The number of benzene rings is 2. The van der Waals surface area contributed by atoms with Crippen LogP contribution < -0.4 is 5.32 Å². The summed E-state index contributed by atoms with van der Waals surface area (Å²) in [6.07, 6.45) is 1.92. The average molecular weight is 478 g/mol. The molecule has 0 unspecified atom stereocenters. The molecule has 3 aromatic rings. The topological polar surface area (TPSA) is 36.3 Å². The molecule has 2 heterocycles. The number of nitrogens with one attached hydrogen (secondary N) is 1. The molecule has 0 radical (unpaired) electrons. The maximum atomic E-state index is 13.2. The minimum Gasteiger partial charge on any atom is -0.346 e. The van der Waals surface area contributed by atoms with Gasteiger partial charge in [-0.3, -0.25) is 9.58 Å². The third-order valence-corrected chi connectivity index (χ3v) is 6.17. The lowest BCUT2D eigenvalue weighted by atomic mass is 10.2. The van der Waals surface area contributed by atoms with E-state index >= 15 is 0 Å². The third-order valence-electron chi connectivity index (χ3n) is 5.20. The summed E-state index contributed by atoms with van der Waals surface area (Å²) >= 11 is 17.7. The van der Waals surface area contributed by atoms with Crippen molar-refractivity contribution in [1.82, 2.24) is 19.6 Å². The summed E-state index contributed by atoms with van der Waals surface area (Å²) in [5.74, 6) is 0.407. The summed E-state index contributed by atoms with van der Waals surface area (Å²) in [6.45, 7) is 4.66. The Morgan fingerprint density at radius 1 is 1.00 bits per heavy atom. The van der Waals surface area contributed by atoms with Crippen LogP contribution in [-0.4, -0.2) is 50.9 Å². The fourth-order valence-corrected chi connectivity index (χ4v) is 4.12. The molecule has 1 aromatic heterocycles. The van der Waals surface area contributed by atoms with Crippen LogP contribution in [0.4, 0.5) is 10.2 Å².